The highest BCUT2D eigenvalue weighted by Gasteiger charge is 2.20. The molecule has 0 saturated carbocycles. The molecule has 0 saturated heterocycles. The zero-order valence-electron chi connectivity index (χ0n) is 18.9. The number of nitrogens with one attached hydrogen (secondary N) is 1. The van der Waals surface area contributed by atoms with Gasteiger partial charge in [0.05, 0.1) is 4.90 Å². The van der Waals surface area contributed by atoms with Gasteiger partial charge in [-0.1, -0.05) is 12.1 Å². The molecule has 2 aromatic carbocycles. The molecule has 35 heavy (non-hydrogen) atoms. The summed E-state index contributed by atoms with van der Waals surface area (Å²) in [5, 5.41) is 8.97. The summed E-state index contributed by atoms with van der Waals surface area (Å²) in [5.74, 6) is -0.0843. The van der Waals surface area contributed by atoms with Crippen LogP contribution in [-0.2, 0) is 27.8 Å². The second-order valence-corrected chi connectivity index (χ2v) is 11.2. The molecule has 0 atom stereocenters. The molecular weight excluding hydrogens is 579 g/mol. The van der Waals surface area contributed by atoms with Gasteiger partial charge in [0.15, 0.2) is 0 Å². The molecule has 0 spiro atoms. The lowest BCUT2D eigenvalue weighted by Gasteiger charge is -2.13. The van der Waals surface area contributed by atoms with Crippen molar-refractivity contribution in [3.63, 3.8) is 0 Å². The zero-order valence-corrected chi connectivity index (χ0v) is 21.9. The number of sulfonamides is 1. The third-order valence-electron chi connectivity index (χ3n) is 5.69. The molecule has 1 aliphatic rings. The first-order valence-corrected chi connectivity index (χ1v) is 13.8. The number of aliphatic carboxylic acids is 1. The normalized spacial score (nSPS) is 14.0. The van der Waals surface area contributed by atoms with Gasteiger partial charge in [0, 0.05) is 45.6 Å². The summed E-state index contributed by atoms with van der Waals surface area (Å²) in [4.78, 5) is 15.4. The van der Waals surface area contributed by atoms with Crippen LogP contribution >= 0.6 is 22.6 Å². The van der Waals surface area contributed by atoms with Gasteiger partial charge in [-0.25, -0.2) is 13.1 Å². The fourth-order valence-electron chi connectivity index (χ4n) is 3.91. The predicted octanol–water partition coefficient (Wildman–Crippen LogP) is 4.79. The number of carbonyl (C=O) groups is 1. The van der Waals surface area contributed by atoms with Crippen LogP contribution < -0.4 is 9.46 Å². The van der Waals surface area contributed by atoms with E-state index in [1.807, 2.05) is 30.3 Å². The van der Waals surface area contributed by atoms with E-state index in [0.29, 0.717) is 25.9 Å². The minimum Gasteiger partial charge on any atom is -0.488 e. The average molecular weight is 604 g/mol. The van der Waals surface area contributed by atoms with Crippen LogP contribution in [0, 0.1) is 3.57 Å². The molecule has 2 heterocycles. The van der Waals surface area contributed by atoms with E-state index in [-0.39, 0.29) is 17.9 Å². The van der Waals surface area contributed by atoms with E-state index in [2.05, 4.69) is 32.3 Å². The van der Waals surface area contributed by atoms with Crippen molar-refractivity contribution in [2.45, 2.75) is 37.2 Å². The number of nitrogens with zero attached hydrogens (tertiary/aromatic N) is 1. The largest absolute Gasteiger partial charge is 0.488 e. The standard InChI is InChI=1S/C26H25IN2O5S/c27-20-6-8-21(9-7-20)35(32,33)29-14-11-18-5-10-25-23(15-18)22(3-1-2-4-26(30)31)24-16-28-13-12-19(24)17-34-25/h3,5-10,12-13,15-16,29H,1-2,4,11,14,17H2,(H,30,31)/b22-3+. The summed E-state index contributed by atoms with van der Waals surface area (Å²) in [7, 11) is -3.59. The van der Waals surface area contributed by atoms with Crippen LogP contribution in [-0.4, -0.2) is 31.0 Å². The van der Waals surface area contributed by atoms with Gasteiger partial charge in [-0.2, -0.15) is 0 Å². The molecule has 0 aliphatic carbocycles. The number of pyridine rings is 1. The number of fused-ring (bicyclic) bond motifs is 2. The van der Waals surface area contributed by atoms with Crippen LogP contribution in [0.5, 0.6) is 5.75 Å². The third kappa shape index (κ3) is 6.47. The molecule has 0 radical (unpaired) electrons. The number of allylic oxidation sites excluding steroid dienone is 1. The topological polar surface area (TPSA) is 106 Å². The van der Waals surface area contributed by atoms with Crippen molar-refractivity contribution in [2.75, 3.05) is 6.54 Å². The van der Waals surface area contributed by atoms with Crippen LogP contribution in [0.3, 0.4) is 0 Å². The minimum atomic E-state index is -3.59. The fourth-order valence-corrected chi connectivity index (χ4v) is 5.30. The highest BCUT2D eigenvalue weighted by atomic mass is 127. The van der Waals surface area contributed by atoms with Crippen molar-refractivity contribution in [1.29, 1.82) is 0 Å². The van der Waals surface area contributed by atoms with Crippen molar-refractivity contribution in [2.24, 2.45) is 0 Å². The van der Waals surface area contributed by atoms with E-state index in [1.165, 1.54) is 0 Å². The van der Waals surface area contributed by atoms with Crippen molar-refractivity contribution in [3.05, 3.63) is 92.8 Å². The van der Waals surface area contributed by atoms with Gasteiger partial charge in [0.2, 0.25) is 10.0 Å². The maximum absolute atomic E-state index is 12.6. The molecule has 1 aliphatic heterocycles. The lowest BCUT2D eigenvalue weighted by molar-refractivity contribution is -0.137. The van der Waals surface area contributed by atoms with Gasteiger partial charge in [-0.15, -0.1) is 0 Å². The third-order valence-corrected chi connectivity index (χ3v) is 7.89. The van der Waals surface area contributed by atoms with Crippen LogP contribution in [0.4, 0.5) is 0 Å². The van der Waals surface area contributed by atoms with Crippen LogP contribution in [0.2, 0.25) is 0 Å². The number of hydrogen-bond acceptors (Lipinski definition) is 5. The molecule has 0 fully saturated rings. The Bertz CT molecular complexity index is 1350. The average Bonchev–Trinajstić information content (AvgIpc) is 2.98. The van der Waals surface area contributed by atoms with Gasteiger partial charge in [-0.05, 0) is 95.5 Å². The van der Waals surface area contributed by atoms with E-state index >= 15 is 0 Å². The van der Waals surface area contributed by atoms with Crippen LogP contribution in [0.1, 0.15) is 41.5 Å². The smallest absolute Gasteiger partial charge is 0.303 e. The second kappa shape index (κ2) is 11.3. The Morgan fingerprint density at radius 1 is 1.14 bits per heavy atom. The first kappa shape index (κ1) is 25.3. The lowest BCUT2D eigenvalue weighted by Crippen LogP contribution is -2.26. The molecule has 7 nitrogen and oxygen atoms in total. The quantitative estimate of drug-likeness (QED) is 0.269. The first-order chi connectivity index (χ1) is 16.8. The number of benzene rings is 2. The monoisotopic (exact) mass is 604 g/mol. The number of hydrogen-bond donors (Lipinski definition) is 2. The summed E-state index contributed by atoms with van der Waals surface area (Å²) < 4.78 is 34.9. The molecule has 182 valence electrons. The fraction of sp³-hybridized carbons (Fsp3) is 0.231. The lowest BCUT2D eigenvalue weighted by atomic mass is 9.93. The van der Waals surface area contributed by atoms with E-state index < -0.39 is 16.0 Å². The number of rotatable bonds is 9. The SMILES string of the molecule is O=C(O)CCC/C=C1/c2cnccc2COc2ccc(CCNS(=O)(=O)c3ccc(I)cc3)cc21. The van der Waals surface area contributed by atoms with Gasteiger partial charge in [0.25, 0.3) is 0 Å². The Morgan fingerprint density at radius 2 is 1.94 bits per heavy atom. The van der Waals surface area contributed by atoms with E-state index in [1.54, 1.807) is 36.7 Å². The number of unbranched alkanes of at least 4 members (excludes halogenated alkanes) is 1. The Labute approximate surface area is 218 Å². The molecular formula is C26H25IN2O5S. The second-order valence-electron chi connectivity index (χ2n) is 8.16. The summed E-state index contributed by atoms with van der Waals surface area (Å²) in [6.07, 6.45) is 7.32. The highest BCUT2D eigenvalue weighted by Crippen LogP contribution is 2.37. The minimum absolute atomic E-state index is 0.105. The Balaban J connectivity index is 1.55. The molecule has 0 amide bonds. The number of halogens is 1. The van der Waals surface area contributed by atoms with E-state index in [9.17, 15) is 13.2 Å². The predicted molar refractivity (Wildman–Crippen MR) is 142 cm³/mol. The van der Waals surface area contributed by atoms with Crippen molar-refractivity contribution in [3.8, 4) is 5.75 Å². The van der Waals surface area contributed by atoms with Crippen molar-refractivity contribution in [1.82, 2.24) is 9.71 Å². The Morgan fingerprint density at radius 3 is 2.71 bits per heavy atom. The molecule has 3 aromatic rings. The maximum Gasteiger partial charge on any atom is 0.303 e. The zero-order chi connectivity index (χ0) is 24.8. The summed E-state index contributed by atoms with van der Waals surface area (Å²) >= 11 is 2.14. The molecule has 4 rings (SSSR count). The molecule has 0 bridgehead atoms. The van der Waals surface area contributed by atoms with E-state index in [0.717, 1.165) is 37.1 Å². The number of aromatic nitrogens is 1. The van der Waals surface area contributed by atoms with Gasteiger partial charge in [0.1, 0.15) is 12.4 Å². The summed E-state index contributed by atoms with van der Waals surface area (Å²) in [6, 6.07) is 14.5. The van der Waals surface area contributed by atoms with Gasteiger partial charge < -0.3 is 9.84 Å². The highest BCUT2D eigenvalue weighted by molar-refractivity contribution is 14.1. The van der Waals surface area contributed by atoms with Crippen LogP contribution in [0.25, 0.3) is 5.57 Å². The van der Waals surface area contributed by atoms with Gasteiger partial charge in [-0.3, -0.25) is 9.78 Å². The van der Waals surface area contributed by atoms with Crippen LogP contribution in [0.15, 0.2) is 71.9 Å². The Kier molecular flexibility index (Phi) is 8.19. The first-order valence-electron chi connectivity index (χ1n) is 11.2. The maximum atomic E-state index is 12.6. The molecule has 9 heteroatoms. The number of ether oxygens (including phenoxy) is 1. The number of carboxylic acids is 1. The molecule has 1 aromatic heterocycles. The number of carboxylic acid groups (broad SMARTS) is 1. The van der Waals surface area contributed by atoms with Gasteiger partial charge >= 0.3 is 5.97 Å². The molecule has 0 unspecified atom stereocenters. The summed E-state index contributed by atoms with van der Waals surface area (Å²) in [6.45, 7) is 0.663. The van der Waals surface area contributed by atoms with Crippen molar-refractivity contribution >= 4 is 44.2 Å². The molecule has 2 N–H and O–H groups in total. The Hall–Kier alpha value is -2.76. The van der Waals surface area contributed by atoms with E-state index in [4.69, 9.17) is 9.84 Å². The summed E-state index contributed by atoms with van der Waals surface area (Å²) in [5.41, 5.74) is 4.77. The van der Waals surface area contributed by atoms with Crippen molar-refractivity contribution < 1.29 is 23.1 Å².